The van der Waals surface area contributed by atoms with Gasteiger partial charge in [-0.05, 0) is 18.1 Å². The van der Waals surface area contributed by atoms with Crippen molar-refractivity contribution in [2.45, 2.75) is 11.8 Å². The van der Waals surface area contributed by atoms with Gasteiger partial charge in [0.2, 0.25) is 0 Å². The Bertz CT molecular complexity index is 500. The highest BCUT2D eigenvalue weighted by Gasteiger charge is 2.11. The van der Waals surface area contributed by atoms with Gasteiger partial charge >= 0.3 is 0 Å². The van der Waals surface area contributed by atoms with Gasteiger partial charge in [-0.15, -0.1) is 0 Å². The number of hydrogen-bond acceptors (Lipinski definition) is 1. The van der Waals surface area contributed by atoms with E-state index in [2.05, 4.69) is 28.1 Å². The first kappa shape index (κ1) is 12.1. The summed E-state index contributed by atoms with van der Waals surface area (Å²) in [5.74, 6) is 0.115. The largest absolute Gasteiger partial charge is 0.293 e. The topological polar surface area (TPSA) is 17.1 Å². The molecule has 0 aliphatic heterocycles. The van der Waals surface area contributed by atoms with Crippen LogP contribution in [0, 0.1) is 0 Å². The van der Waals surface area contributed by atoms with E-state index in [1.807, 2.05) is 49.4 Å². The SMILES string of the molecule is CC(Br)C(=O)c1ccc(-c2ccccc2)cc1. The molecule has 0 spiro atoms. The van der Waals surface area contributed by atoms with Crippen LogP contribution in [-0.4, -0.2) is 10.6 Å². The van der Waals surface area contributed by atoms with Crippen molar-refractivity contribution in [3.8, 4) is 11.1 Å². The molecule has 0 amide bonds. The van der Waals surface area contributed by atoms with Crippen LogP contribution in [0.15, 0.2) is 54.6 Å². The Labute approximate surface area is 110 Å². The van der Waals surface area contributed by atoms with E-state index in [-0.39, 0.29) is 10.6 Å². The predicted molar refractivity (Wildman–Crippen MR) is 74.6 cm³/mol. The van der Waals surface area contributed by atoms with E-state index >= 15 is 0 Å². The van der Waals surface area contributed by atoms with Gasteiger partial charge < -0.3 is 0 Å². The lowest BCUT2D eigenvalue weighted by molar-refractivity contribution is 0.0996. The molecule has 0 heterocycles. The molecule has 0 bridgehead atoms. The maximum Gasteiger partial charge on any atom is 0.176 e. The number of alkyl halides is 1. The smallest absolute Gasteiger partial charge is 0.176 e. The van der Waals surface area contributed by atoms with E-state index in [4.69, 9.17) is 0 Å². The number of halogens is 1. The summed E-state index contributed by atoms with van der Waals surface area (Å²) in [6.45, 7) is 1.84. The quantitative estimate of drug-likeness (QED) is 0.607. The highest BCUT2D eigenvalue weighted by molar-refractivity contribution is 9.10. The Balaban J connectivity index is 2.28. The van der Waals surface area contributed by atoms with E-state index in [0.717, 1.165) is 11.1 Å². The van der Waals surface area contributed by atoms with Crippen LogP contribution in [0.1, 0.15) is 17.3 Å². The average molecular weight is 289 g/mol. The van der Waals surface area contributed by atoms with Gasteiger partial charge in [-0.25, -0.2) is 0 Å². The van der Waals surface area contributed by atoms with Crippen molar-refractivity contribution < 1.29 is 4.79 Å². The summed E-state index contributed by atoms with van der Waals surface area (Å²) in [6.07, 6.45) is 0. The molecule has 2 heteroatoms. The summed E-state index contributed by atoms with van der Waals surface area (Å²) >= 11 is 3.29. The van der Waals surface area contributed by atoms with Crippen LogP contribution in [0.4, 0.5) is 0 Å². The van der Waals surface area contributed by atoms with Crippen LogP contribution in [0.5, 0.6) is 0 Å². The summed E-state index contributed by atoms with van der Waals surface area (Å²) < 4.78 is 0. The molecule has 0 radical (unpaired) electrons. The van der Waals surface area contributed by atoms with Gasteiger partial charge in [0.05, 0.1) is 4.83 Å². The monoisotopic (exact) mass is 288 g/mol. The van der Waals surface area contributed by atoms with Crippen LogP contribution in [0.3, 0.4) is 0 Å². The summed E-state index contributed by atoms with van der Waals surface area (Å²) in [5, 5.41) is 0. The molecule has 1 unspecified atom stereocenters. The third-order valence-electron chi connectivity index (χ3n) is 2.64. The van der Waals surface area contributed by atoms with E-state index in [9.17, 15) is 4.79 Å². The Morgan fingerprint density at radius 3 is 2.00 bits per heavy atom. The second kappa shape index (κ2) is 5.28. The van der Waals surface area contributed by atoms with Crippen LogP contribution in [0.2, 0.25) is 0 Å². The number of hydrogen-bond donors (Lipinski definition) is 0. The fraction of sp³-hybridized carbons (Fsp3) is 0.133. The van der Waals surface area contributed by atoms with Crippen LogP contribution >= 0.6 is 15.9 Å². The maximum absolute atomic E-state index is 11.7. The fourth-order valence-electron chi connectivity index (χ4n) is 1.69. The minimum Gasteiger partial charge on any atom is -0.293 e. The first-order valence-corrected chi connectivity index (χ1v) is 6.44. The molecular weight excluding hydrogens is 276 g/mol. The molecule has 0 aliphatic rings. The molecule has 1 nitrogen and oxygen atoms in total. The van der Waals surface area contributed by atoms with Crippen LogP contribution in [0.25, 0.3) is 11.1 Å². The van der Waals surface area contributed by atoms with Crippen LogP contribution in [-0.2, 0) is 0 Å². The van der Waals surface area contributed by atoms with Gasteiger partial charge in [-0.2, -0.15) is 0 Å². The second-order valence-electron chi connectivity index (χ2n) is 3.92. The molecule has 0 fully saturated rings. The normalized spacial score (nSPS) is 12.1. The van der Waals surface area contributed by atoms with E-state index in [1.54, 1.807) is 0 Å². The predicted octanol–water partition coefficient (Wildman–Crippen LogP) is 4.32. The lowest BCUT2D eigenvalue weighted by Gasteiger charge is -2.05. The van der Waals surface area contributed by atoms with E-state index < -0.39 is 0 Å². The van der Waals surface area contributed by atoms with Gasteiger partial charge in [-0.1, -0.05) is 70.5 Å². The Morgan fingerprint density at radius 2 is 1.47 bits per heavy atom. The highest BCUT2D eigenvalue weighted by Crippen LogP contribution is 2.20. The average Bonchev–Trinajstić information content (AvgIpc) is 2.39. The molecular formula is C15H13BrO. The Hall–Kier alpha value is -1.41. The molecule has 1 atom stereocenters. The number of rotatable bonds is 3. The Kier molecular flexibility index (Phi) is 3.75. The van der Waals surface area contributed by atoms with Crippen molar-refractivity contribution in [2.24, 2.45) is 0 Å². The van der Waals surface area contributed by atoms with Crippen molar-refractivity contribution in [3.05, 3.63) is 60.2 Å². The number of carbonyl (C=O) groups is 1. The number of Topliss-reactive ketones (excluding diaryl/α,β-unsaturated/α-hetero) is 1. The van der Waals surface area contributed by atoms with Crippen molar-refractivity contribution in [1.82, 2.24) is 0 Å². The second-order valence-corrected chi connectivity index (χ2v) is 5.30. The number of benzene rings is 2. The molecule has 2 aromatic rings. The summed E-state index contributed by atoms with van der Waals surface area (Å²) in [4.78, 5) is 11.6. The fourth-order valence-corrected chi connectivity index (χ4v) is 1.95. The lowest BCUT2D eigenvalue weighted by atomic mass is 10.0. The summed E-state index contributed by atoms with van der Waals surface area (Å²) in [5.41, 5.74) is 3.04. The third kappa shape index (κ3) is 2.83. The van der Waals surface area contributed by atoms with Gasteiger partial charge in [-0.3, -0.25) is 4.79 Å². The number of ketones is 1. The molecule has 2 rings (SSSR count). The molecule has 0 aromatic heterocycles. The van der Waals surface area contributed by atoms with E-state index in [0.29, 0.717) is 0 Å². The van der Waals surface area contributed by atoms with Gasteiger partial charge in [0.1, 0.15) is 0 Å². The number of carbonyl (C=O) groups excluding carboxylic acids is 1. The molecule has 0 saturated carbocycles. The molecule has 0 aliphatic carbocycles. The molecule has 0 N–H and O–H groups in total. The van der Waals surface area contributed by atoms with Gasteiger partial charge in [0.15, 0.2) is 5.78 Å². The van der Waals surface area contributed by atoms with Crippen molar-refractivity contribution in [3.63, 3.8) is 0 Å². The van der Waals surface area contributed by atoms with Crippen LogP contribution < -0.4 is 0 Å². The Morgan fingerprint density at radius 1 is 0.941 bits per heavy atom. The minimum atomic E-state index is -0.134. The molecule has 2 aromatic carbocycles. The highest BCUT2D eigenvalue weighted by atomic mass is 79.9. The van der Waals surface area contributed by atoms with Gasteiger partial charge in [0, 0.05) is 5.56 Å². The summed E-state index contributed by atoms with van der Waals surface area (Å²) in [6, 6.07) is 17.9. The van der Waals surface area contributed by atoms with Crippen molar-refractivity contribution in [1.29, 1.82) is 0 Å². The summed E-state index contributed by atoms with van der Waals surface area (Å²) in [7, 11) is 0. The maximum atomic E-state index is 11.7. The molecule has 17 heavy (non-hydrogen) atoms. The van der Waals surface area contributed by atoms with Gasteiger partial charge in [0.25, 0.3) is 0 Å². The lowest BCUT2D eigenvalue weighted by Crippen LogP contribution is -2.09. The molecule has 86 valence electrons. The van der Waals surface area contributed by atoms with Crippen molar-refractivity contribution >= 4 is 21.7 Å². The zero-order valence-corrected chi connectivity index (χ0v) is 11.1. The third-order valence-corrected chi connectivity index (χ3v) is 3.05. The standard InChI is InChI=1S/C15H13BrO/c1-11(16)15(17)14-9-7-13(8-10-14)12-5-3-2-4-6-12/h2-11H,1H3. The van der Waals surface area contributed by atoms with E-state index in [1.165, 1.54) is 5.56 Å². The van der Waals surface area contributed by atoms with Crippen molar-refractivity contribution in [2.75, 3.05) is 0 Å². The minimum absolute atomic E-state index is 0.115. The zero-order valence-electron chi connectivity index (χ0n) is 9.56. The molecule has 0 saturated heterocycles. The first-order chi connectivity index (χ1) is 8.18. The first-order valence-electron chi connectivity index (χ1n) is 5.52. The zero-order chi connectivity index (χ0) is 12.3.